The Balaban J connectivity index is 1.51. The van der Waals surface area contributed by atoms with Crippen LogP contribution in [0.5, 0.6) is 0 Å². The summed E-state index contributed by atoms with van der Waals surface area (Å²) in [5.41, 5.74) is 1.75. The second-order valence-corrected chi connectivity index (χ2v) is 8.61. The summed E-state index contributed by atoms with van der Waals surface area (Å²) >= 11 is 0. The van der Waals surface area contributed by atoms with E-state index in [2.05, 4.69) is 10.6 Å². The third-order valence-corrected chi connectivity index (χ3v) is 5.80. The van der Waals surface area contributed by atoms with E-state index in [0.29, 0.717) is 31.6 Å². The molecule has 2 aliphatic heterocycles. The third kappa shape index (κ3) is 5.97. The molecule has 7 heteroatoms. The number of piperidine rings is 1. The summed E-state index contributed by atoms with van der Waals surface area (Å²) in [6.45, 7) is 7.47. The highest BCUT2D eigenvalue weighted by Gasteiger charge is 2.25. The predicted molar refractivity (Wildman–Crippen MR) is 116 cm³/mol. The Hall–Kier alpha value is -2.57. The average Bonchev–Trinajstić information content (AvgIpc) is 3.15. The topological polar surface area (TPSA) is 81.8 Å². The van der Waals surface area contributed by atoms with E-state index in [-0.39, 0.29) is 29.8 Å². The van der Waals surface area contributed by atoms with E-state index in [9.17, 15) is 14.4 Å². The fourth-order valence-electron chi connectivity index (χ4n) is 4.22. The summed E-state index contributed by atoms with van der Waals surface area (Å²) in [5.74, 6) is 0.373. The first-order chi connectivity index (χ1) is 14.4. The van der Waals surface area contributed by atoms with Crippen LogP contribution in [0.1, 0.15) is 67.8 Å². The first kappa shape index (κ1) is 22.1. The number of nitrogens with zero attached hydrogens (tertiary/aromatic N) is 2. The largest absolute Gasteiger partial charge is 0.352 e. The van der Waals surface area contributed by atoms with E-state index in [1.54, 1.807) is 0 Å². The molecule has 3 rings (SSSR count). The predicted octanol–water partition coefficient (Wildman–Crippen LogP) is 2.73. The normalized spacial score (nSPS) is 19.3. The maximum absolute atomic E-state index is 12.6. The summed E-state index contributed by atoms with van der Waals surface area (Å²) in [5, 5.41) is 5.93. The number of urea groups is 1. The molecule has 0 radical (unpaired) electrons. The molecule has 30 heavy (non-hydrogen) atoms. The molecule has 0 aliphatic carbocycles. The van der Waals surface area contributed by atoms with Crippen LogP contribution in [0.3, 0.4) is 0 Å². The SMILES string of the molecule is CC(C)NC(=O)N1CCC[C@@H](c2cccc(C(=O)NCCCN3CCCC3=O)c2)C1. The van der Waals surface area contributed by atoms with Crippen molar-refractivity contribution in [1.82, 2.24) is 20.4 Å². The fourth-order valence-corrected chi connectivity index (χ4v) is 4.22. The van der Waals surface area contributed by atoms with Gasteiger partial charge in [0.05, 0.1) is 0 Å². The number of likely N-dealkylation sites (tertiary alicyclic amines) is 2. The summed E-state index contributed by atoms with van der Waals surface area (Å²) in [6.07, 6.45) is 4.33. The molecule has 2 heterocycles. The van der Waals surface area contributed by atoms with Gasteiger partial charge in [0, 0.05) is 56.7 Å². The zero-order chi connectivity index (χ0) is 21.5. The van der Waals surface area contributed by atoms with Crippen molar-refractivity contribution in [2.24, 2.45) is 0 Å². The van der Waals surface area contributed by atoms with Gasteiger partial charge in [0.2, 0.25) is 5.91 Å². The van der Waals surface area contributed by atoms with E-state index in [4.69, 9.17) is 0 Å². The van der Waals surface area contributed by atoms with Gasteiger partial charge in [-0.25, -0.2) is 4.79 Å². The van der Waals surface area contributed by atoms with Gasteiger partial charge in [-0.1, -0.05) is 12.1 Å². The number of hydrogen-bond donors (Lipinski definition) is 2. The van der Waals surface area contributed by atoms with Gasteiger partial charge in [-0.3, -0.25) is 9.59 Å². The number of carbonyl (C=O) groups excluding carboxylic acids is 3. The number of rotatable bonds is 7. The molecule has 0 bridgehead atoms. The van der Waals surface area contributed by atoms with Crippen LogP contribution in [-0.2, 0) is 4.79 Å². The molecular formula is C23H34N4O3. The lowest BCUT2D eigenvalue weighted by Crippen LogP contribution is -2.47. The van der Waals surface area contributed by atoms with Crippen molar-refractivity contribution in [2.75, 3.05) is 32.7 Å². The highest BCUT2D eigenvalue weighted by molar-refractivity contribution is 5.94. The van der Waals surface area contributed by atoms with Crippen molar-refractivity contribution in [3.05, 3.63) is 35.4 Å². The molecule has 2 saturated heterocycles. The lowest BCUT2D eigenvalue weighted by molar-refractivity contribution is -0.127. The molecule has 1 atom stereocenters. The van der Waals surface area contributed by atoms with Crippen molar-refractivity contribution in [1.29, 1.82) is 0 Å². The van der Waals surface area contributed by atoms with Crippen LogP contribution in [-0.4, -0.2) is 66.4 Å². The molecule has 2 aliphatic rings. The first-order valence-electron chi connectivity index (χ1n) is 11.2. The molecular weight excluding hydrogens is 380 g/mol. The Bertz CT molecular complexity index is 765. The fraction of sp³-hybridized carbons (Fsp3) is 0.609. The van der Waals surface area contributed by atoms with Crippen LogP contribution < -0.4 is 10.6 Å². The Labute approximate surface area is 179 Å². The monoisotopic (exact) mass is 414 g/mol. The molecule has 2 N–H and O–H groups in total. The highest BCUT2D eigenvalue weighted by Crippen LogP contribution is 2.27. The van der Waals surface area contributed by atoms with Crippen LogP contribution >= 0.6 is 0 Å². The van der Waals surface area contributed by atoms with Crippen molar-refractivity contribution in [3.8, 4) is 0 Å². The van der Waals surface area contributed by atoms with Gasteiger partial charge >= 0.3 is 6.03 Å². The Kier molecular flexibility index (Phi) is 7.71. The molecule has 1 aromatic rings. The minimum absolute atomic E-state index is 0.0138. The maximum atomic E-state index is 12.6. The van der Waals surface area contributed by atoms with E-state index >= 15 is 0 Å². The molecule has 4 amide bonds. The number of benzene rings is 1. The lowest BCUT2D eigenvalue weighted by Gasteiger charge is -2.33. The first-order valence-corrected chi connectivity index (χ1v) is 11.2. The molecule has 7 nitrogen and oxygen atoms in total. The van der Waals surface area contributed by atoms with Gasteiger partial charge in [-0.2, -0.15) is 0 Å². The van der Waals surface area contributed by atoms with Crippen LogP contribution in [0.25, 0.3) is 0 Å². The second-order valence-electron chi connectivity index (χ2n) is 8.61. The van der Waals surface area contributed by atoms with Gasteiger partial charge in [-0.05, 0) is 57.2 Å². The van der Waals surface area contributed by atoms with Crippen LogP contribution in [0.15, 0.2) is 24.3 Å². The van der Waals surface area contributed by atoms with Gasteiger partial charge in [0.25, 0.3) is 5.91 Å². The summed E-state index contributed by atoms with van der Waals surface area (Å²) in [4.78, 5) is 40.3. The van der Waals surface area contributed by atoms with Gasteiger partial charge < -0.3 is 20.4 Å². The van der Waals surface area contributed by atoms with Crippen molar-refractivity contribution < 1.29 is 14.4 Å². The standard InChI is InChI=1S/C23H34N4O3/c1-17(2)25-23(30)27-13-4-9-20(16-27)18-7-3-8-19(15-18)22(29)24-11-6-14-26-12-5-10-21(26)28/h3,7-8,15,17,20H,4-6,9-14,16H2,1-2H3,(H,24,29)(H,25,30)/t20-/m1/s1. The Morgan fingerprint density at radius 3 is 2.77 bits per heavy atom. The van der Waals surface area contributed by atoms with E-state index in [0.717, 1.165) is 44.3 Å². The number of amides is 4. The molecule has 0 spiro atoms. The smallest absolute Gasteiger partial charge is 0.317 e. The van der Waals surface area contributed by atoms with Gasteiger partial charge in [0.1, 0.15) is 0 Å². The number of nitrogens with one attached hydrogen (secondary N) is 2. The van der Waals surface area contributed by atoms with Crippen LogP contribution in [0.2, 0.25) is 0 Å². The Morgan fingerprint density at radius 2 is 2.03 bits per heavy atom. The number of hydrogen-bond acceptors (Lipinski definition) is 3. The molecule has 0 saturated carbocycles. The molecule has 2 fully saturated rings. The quantitative estimate of drug-likeness (QED) is 0.673. The molecule has 0 aromatic heterocycles. The van der Waals surface area contributed by atoms with Gasteiger partial charge in [-0.15, -0.1) is 0 Å². The minimum atomic E-state index is -0.0881. The third-order valence-electron chi connectivity index (χ3n) is 5.80. The van der Waals surface area contributed by atoms with E-state index in [1.165, 1.54) is 0 Å². The second kappa shape index (κ2) is 10.5. The summed E-state index contributed by atoms with van der Waals surface area (Å²) in [7, 11) is 0. The molecule has 1 aromatic carbocycles. The zero-order valence-corrected chi connectivity index (χ0v) is 18.2. The van der Waals surface area contributed by atoms with E-state index in [1.807, 2.05) is 47.9 Å². The Morgan fingerprint density at radius 1 is 1.20 bits per heavy atom. The number of carbonyl (C=O) groups is 3. The average molecular weight is 415 g/mol. The highest BCUT2D eigenvalue weighted by atomic mass is 16.2. The van der Waals surface area contributed by atoms with Crippen molar-refractivity contribution in [3.63, 3.8) is 0 Å². The maximum Gasteiger partial charge on any atom is 0.317 e. The van der Waals surface area contributed by atoms with Crippen LogP contribution in [0.4, 0.5) is 4.79 Å². The van der Waals surface area contributed by atoms with Crippen molar-refractivity contribution in [2.45, 2.75) is 57.9 Å². The summed E-state index contributed by atoms with van der Waals surface area (Å²) < 4.78 is 0. The van der Waals surface area contributed by atoms with E-state index < -0.39 is 0 Å². The summed E-state index contributed by atoms with van der Waals surface area (Å²) in [6, 6.07) is 7.85. The lowest BCUT2D eigenvalue weighted by atomic mass is 9.89. The van der Waals surface area contributed by atoms with Crippen LogP contribution in [0, 0.1) is 0 Å². The molecule has 0 unspecified atom stereocenters. The molecule has 164 valence electrons. The minimum Gasteiger partial charge on any atom is -0.352 e. The van der Waals surface area contributed by atoms with Crippen molar-refractivity contribution >= 4 is 17.8 Å². The zero-order valence-electron chi connectivity index (χ0n) is 18.2. The van der Waals surface area contributed by atoms with Gasteiger partial charge in [0.15, 0.2) is 0 Å².